The SMILES string of the molecule is [2H]C([2H])([2H])C1=NC2OC3=C([C@@H]4NCC=C5SCC(C([2H])([2H])C(C)(C)C)C54)CCCC3C2CC1. The Kier molecular flexibility index (Phi) is 3.67. The molecule has 4 heterocycles. The number of hydrogen-bond acceptors (Lipinski definition) is 4. The van der Waals surface area contributed by atoms with Crippen molar-refractivity contribution >= 4 is 17.5 Å². The molecule has 0 spiro atoms. The third-order valence-electron chi connectivity index (χ3n) is 6.93. The predicted molar refractivity (Wildman–Crippen MR) is 118 cm³/mol. The predicted octanol–water partition coefficient (Wildman–Crippen LogP) is 5.54. The highest BCUT2D eigenvalue weighted by Crippen LogP contribution is 2.53. The standard InChI is InChI=1S/C24H36N2OS/c1-14-8-9-17-16-6-5-7-18(22(16)27-23(17)26-14)21-20-15(12-24(2,3)4)13-28-19(20)10-11-25-21/h10,15-17,20-21,23,25H,5-9,11-13H2,1-4H3/t15?,16?,17?,20?,21-,23?/m0/s1/i1D3,12D2. The van der Waals surface area contributed by atoms with Crippen molar-refractivity contribution in [3.05, 3.63) is 22.3 Å². The van der Waals surface area contributed by atoms with Crippen LogP contribution in [-0.4, -0.2) is 30.3 Å². The van der Waals surface area contributed by atoms with Gasteiger partial charge in [0.05, 0.1) is 0 Å². The molecule has 0 aromatic rings. The Labute approximate surface area is 181 Å². The first-order valence-corrected chi connectivity index (χ1v) is 11.9. The molecule has 154 valence electrons. The summed E-state index contributed by atoms with van der Waals surface area (Å²) in [4.78, 5) is 5.90. The van der Waals surface area contributed by atoms with E-state index in [9.17, 15) is 0 Å². The Morgan fingerprint density at radius 2 is 2.25 bits per heavy atom. The molecule has 0 aromatic heterocycles. The summed E-state index contributed by atoms with van der Waals surface area (Å²) in [6.45, 7) is 4.68. The maximum atomic E-state index is 9.04. The molecule has 2 fully saturated rings. The minimum absolute atomic E-state index is 0.0658. The van der Waals surface area contributed by atoms with Crippen molar-refractivity contribution in [3.8, 4) is 0 Å². The molecular formula is C24H36N2OS. The van der Waals surface area contributed by atoms with Crippen LogP contribution in [0.4, 0.5) is 0 Å². The molecule has 6 atom stereocenters. The summed E-state index contributed by atoms with van der Waals surface area (Å²) in [5.74, 6) is 2.47. The Hall–Kier alpha value is -0.740. The molecule has 5 unspecified atom stereocenters. The number of nitrogens with zero attached hydrogens (tertiary/aromatic N) is 1. The van der Waals surface area contributed by atoms with E-state index in [0.717, 1.165) is 43.7 Å². The van der Waals surface area contributed by atoms with Gasteiger partial charge in [0, 0.05) is 48.7 Å². The third-order valence-corrected chi connectivity index (χ3v) is 8.23. The van der Waals surface area contributed by atoms with Crippen LogP contribution in [0.25, 0.3) is 0 Å². The number of thioether (sulfide) groups is 1. The summed E-state index contributed by atoms with van der Waals surface area (Å²) in [7, 11) is 0. The van der Waals surface area contributed by atoms with Crippen LogP contribution in [0, 0.1) is 29.1 Å². The molecule has 5 aliphatic rings. The van der Waals surface area contributed by atoms with Crippen LogP contribution >= 0.6 is 11.8 Å². The number of allylic oxidation sites excluding steroid dienone is 1. The van der Waals surface area contributed by atoms with Gasteiger partial charge in [-0.3, -0.25) is 4.99 Å². The van der Waals surface area contributed by atoms with E-state index in [0.29, 0.717) is 18.1 Å². The third kappa shape index (κ3) is 3.39. The van der Waals surface area contributed by atoms with E-state index in [4.69, 9.17) is 11.6 Å². The highest BCUT2D eigenvalue weighted by atomic mass is 32.2. The summed E-state index contributed by atoms with van der Waals surface area (Å²) in [5.41, 5.74) is 1.15. The van der Waals surface area contributed by atoms with Gasteiger partial charge in [0.2, 0.25) is 0 Å². The molecule has 3 nitrogen and oxygen atoms in total. The van der Waals surface area contributed by atoms with Gasteiger partial charge in [-0.1, -0.05) is 26.8 Å². The van der Waals surface area contributed by atoms with Crippen LogP contribution in [0.2, 0.25) is 0 Å². The second-order valence-corrected chi connectivity index (χ2v) is 11.1. The molecular weight excluding hydrogens is 364 g/mol. The zero-order valence-electron chi connectivity index (χ0n) is 22.3. The van der Waals surface area contributed by atoms with Gasteiger partial charge in [-0.2, -0.15) is 0 Å². The number of nitrogens with one attached hydrogen (secondary N) is 1. The average Bonchev–Trinajstić information content (AvgIpc) is 3.33. The number of rotatable bonds is 2. The van der Waals surface area contributed by atoms with Crippen molar-refractivity contribution in [2.45, 2.75) is 78.4 Å². The number of hydrogen-bond donors (Lipinski definition) is 1. The van der Waals surface area contributed by atoms with E-state index in [-0.39, 0.29) is 30.0 Å². The van der Waals surface area contributed by atoms with Crippen LogP contribution in [0.5, 0.6) is 0 Å². The van der Waals surface area contributed by atoms with Crippen LogP contribution in [0.3, 0.4) is 0 Å². The van der Waals surface area contributed by atoms with Gasteiger partial charge in [0.25, 0.3) is 0 Å². The van der Waals surface area contributed by atoms with Gasteiger partial charge in [-0.05, 0) is 67.1 Å². The van der Waals surface area contributed by atoms with E-state index in [2.05, 4.69) is 16.4 Å². The van der Waals surface area contributed by atoms with Gasteiger partial charge in [-0.25, -0.2) is 0 Å². The smallest absolute Gasteiger partial charge is 0.192 e. The molecule has 0 radical (unpaired) electrons. The first-order valence-electron chi connectivity index (χ1n) is 13.4. The van der Waals surface area contributed by atoms with Crippen LogP contribution < -0.4 is 5.32 Å². The Balaban J connectivity index is 1.50. The largest absolute Gasteiger partial charge is 0.472 e. The zero-order chi connectivity index (χ0) is 23.8. The van der Waals surface area contributed by atoms with Crippen molar-refractivity contribution in [2.75, 3.05) is 12.3 Å². The number of ether oxygens (including phenoxy) is 1. The Morgan fingerprint density at radius 3 is 3.07 bits per heavy atom. The number of aliphatic imine (C=N–C) groups is 1. The topological polar surface area (TPSA) is 33.6 Å². The molecule has 4 aliphatic heterocycles. The highest BCUT2D eigenvalue weighted by Gasteiger charge is 2.49. The lowest BCUT2D eigenvalue weighted by Crippen LogP contribution is -2.45. The normalized spacial score (nSPS) is 43.9. The van der Waals surface area contributed by atoms with E-state index in [1.807, 2.05) is 32.5 Å². The van der Waals surface area contributed by atoms with Crippen molar-refractivity contribution in [3.63, 3.8) is 0 Å². The monoisotopic (exact) mass is 405 g/mol. The first kappa shape index (κ1) is 14.3. The lowest BCUT2D eigenvalue weighted by molar-refractivity contribution is 0.126. The van der Waals surface area contributed by atoms with Crippen molar-refractivity contribution in [1.82, 2.24) is 5.32 Å². The first-order chi connectivity index (χ1) is 15.4. The van der Waals surface area contributed by atoms with Crippen molar-refractivity contribution < 1.29 is 11.6 Å². The summed E-state index contributed by atoms with van der Waals surface area (Å²) in [6, 6.07) is 0.0754. The Morgan fingerprint density at radius 1 is 1.36 bits per heavy atom. The zero-order valence-corrected chi connectivity index (χ0v) is 18.1. The maximum absolute atomic E-state index is 9.04. The molecule has 1 aliphatic carbocycles. The lowest BCUT2D eigenvalue weighted by atomic mass is 9.71. The van der Waals surface area contributed by atoms with E-state index in [1.54, 1.807) is 0 Å². The van der Waals surface area contributed by atoms with Crippen LogP contribution in [0.15, 0.2) is 27.3 Å². The molecule has 28 heavy (non-hydrogen) atoms. The van der Waals surface area contributed by atoms with Crippen LogP contribution in [-0.2, 0) is 4.74 Å². The van der Waals surface area contributed by atoms with Gasteiger partial charge < -0.3 is 10.1 Å². The fourth-order valence-corrected chi connectivity index (χ4v) is 7.26. The quantitative estimate of drug-likeness (QED) is 0.655. The van der Waals surface area contributed by atoms with E-state index in [1.165, 1.54) is 10.5 Å². The molecule has 0 amide bonds. The Bertz CT molecular complexity index is 904. The van der Waals surface area contributed by atoms with Gasteiger partial charge in [0.1, 0.15) is 5.76 Å². The summed E-state index contributed by atoms with van der Waals surface area (Å²) < 4.78 is 47.9. The number of fused-ring (bicyclic) bond motifs is 4. The van der Waals surface area contributed by atoms with Gasteiger partial charge >= 0.3 is 0 Å². The summed E-state index contributed by atoms with van der Waals surface area (Å²) in [6.07, 6.45) is 5.05. The van der Waals surface area contributed by atoms with Gasteiger partial charge in [0.15, 0.2) is 6.23 Å². The summed E-state index contributed by atoms with van der Waals surface area (Å²) in [5, 5.41) is 3.72. The fraction of sp³-hybridized carbons (Fsp3) is 0.792. The molecule has 4 heteroatoms. The fourth-order valence-electron chi connectivity index (χ4n) is 5.91. The second kappa shape index (κ2) is 7.19. The molecule has 0 saturated carbocycles. The minimum Gasteiger partial charge on any atom is -0.472 e. The van der Waals surface area contributed by atoms with Crippen molar-refractivity contribution in [2.24, 2.45) is 34.1 Å². The highest BCUT2D eigenvalue weighted by molar-refractivity contribution is 8.03. The van der Waals surface area contributed by atoms with Crippen molar-refractivity contribution in [1.29, 1.82) is 0 Å². The molecule has 2 saturated heterocycles. The van der Waals surface area contributed by atoms with Gasteiger partial charge in [-0.15, -0.1) is 11.8 Å². The van der Waals surface area contributed by atoms with Crippen LogP contribution in [0.1, 0.15) is 73.0 Å². The molecule has 5 rings (SSSR count). The molecule has 0 bridgehead atoms. The van der Waals surface area contributed by atoms with E-state index >= 15 is 0 Å². The van der Waals surface area contributed by atoms with E-state index < -0.39 is 18.6 Å². The average molecular weight is 406 g/mol. The minimum atomic E-state index is -2.14. The maximum Gasteiger partial charge on any atom is 0.192 e. The second-order valence-electron chi connectivity index (χ2n) is 10.0. The molecule has 1 N–H and O–H groups in total. The summed E-state index contributed by atoms with van der Waals surface area (Å²) >= 11 is 1.83. The lowest BCUT2D eigenvalue weighted by Gasteiger charge is -2.39. The molecule has 0 aromatic carbocycles.